The fraction of sp³-hybridized carbons (Fsp3) is 0.455. The number of rotatable bonds is 5. The van der Waals surface area contributed by atoms with E-state index in [0.29, 0.717) is 13.2 Å². The molecule has 1 rings (SSSR count). The third kappa shape index (κ3) is 2.92. The van der Waals surface area contributed by atoms with Crippen molar-refractivity contribution in [1.29, 1.82) is 0 Å². The van der Waals surface area contributed by atoms with Crippen molar-refractivity contribution >= 4 is 0 Å². The molecule has 0 aromatic heterocycles. The van der Waals surface area contributed by atoms with Gasteiger partial charge in [0.15, 0.2) is 11.5 Å². The van der Waals surface area contributed by atoms with Gasteiger partial charge in [0.1, 0.15) is 6.61 Å². The van der Waals surface area contributed by atoms with Gasteiger partial charge in [-0.3, -0.25) is 0 Å². The Hall–Kier alpha value is -1.22. The van der Waals surface area contributed by atoms with Gasteiger partial charge in [-0.1, -0.05) is 6.07 Å². The second-order valence-corrected chi connectivity index (χ2v) is 3.00. The summed E-state index contributed by atoms with van der Waals surface area (Å²) in [6.07, 6.45) is 0. The summed E-state index contributed by atoms with van der Waals surface area (Å²) in [5.41, 5.74) is 1.15. The first kappa shape index (κ1) is 10.9. The number of hydrogen-bond acceptors (Lipinski definition) is 3. The molecule has 0 saturated carbocycles. The molecule has 0 spiro atoms. The Labute approximate surface area is 84.6 Å². The van der Waals surface area contributed by atoms with Crippen LogP contribution in [-0.2, 0) is 4.74 Å². The van der Waals surface area contributed by atoms with E-state index in [0.717, 1.165) is 17.1 Å². The van der Waals surface area contributed by atoms with E-state index in [1.54, 1.807) is 14.2 Å². The van der Waals surface area contributed by atoms with E-state index >= 15 is 0 Å². The largest absolute Gasteiger partial charge is 0.493 e. The highest BCUT2D eigenvalue weighted by molar-refractivity contribution is 5.42. The fourth-order valence-corrected chi connectivity index (χ4v) is 1.13. The molecule has 1 aromatic carbocycles. The zero-order valence-corrected chi connectivity index (χ0v) is 8.87. The van der Waals surface area contributed by atoms with E-state index in [1.165, 1.54) is 0 Å². The van der Waals surface area contributed by atoms with Crippen molar-refractivity contribution in [3.63, 3.8) is 0 Å². The monoisotopic (exact) mass is 196 g/mol. The summed E-state index contributed by atoms with van der Waals surface area (Å²) in [5, 5.41) is 0. The SMILES string of the molecule is COCCOc1ccc(C)cc1OC. The Balaban J connectivity index is 2.65. The number of methoxy groups -OCH3 is 2. The first-order valence-corrected chi connectivity index (χ1v) is 4.54. The van der Waals surface area contributed by atoms with Crippen LogP contribution in [0.3, 0.4) is 0 Å². The number of ether oxygens (including phenoxy) is 3. The molecule has 0 unspecified atom stereocenters. The molecule has 0 N–H and O–H groups in total. The molecule has 0 amide bonds. The number of hydrogen-bond donors (Lipinski definition) is 0. The molecule has 14 heavy (non-hydrogen) atoms. The van der Waals surface area contributed by atoms with Crippen LogP contribution in [0.15, 0.2) is 18.2 Å². The highest BCUT2D eigenvalue weighted by Crippen LogP contribution is 2.27. The lowest BCUT2D eigenvalue weighted by Gasteiger charge is -2.10. The lowest BCUT2D eigenvalue weighted by molar-refractivity contribution is 0.144. The lowest BCUT2D eigenvalue weighted by atomic mass is 10.2. The van der Waals surface area contributed by atoms with Crippen molar-refractivity contribution in [2.45, 2.75) is 6.92 Å². The average Bonchev–Trinajstić information content (AvgIpc) is 2.20. The standard InChI is InChI=1S/C11H16O3/c1-9-4-5-10(11(8-9)13-3)14-7-6-12-2/h4-5,8H,6-7H2,1-3H3. The molecule has 3 nitrogen and oxygen atoms in total. The van der Waals surface area contributed by atoms with E-state index in [1.807, 2.05) is 25.1 Å². The van der Waals surface area contributed by atoms with Crippen LogP contribution in [0.4, 0.5) is 0 Å². The van der Waals surface area contributed by atoms with Crippen LogP contribution in [0.2, 0.25) is 0 Å². The third-order valence-corrected chi connectivity index (χ3v) is 1.86. The van der Waals surface area contributed by atoms with Gasteiger partial charge in [-0.15, -0.1) is 0 Å². The minimum Gasteiger partial charge on any atom is -0.493 e. The first-order valence-electron chi connectivity index (χ1n) is 4.54. The predicted octanol–water partition coefficient (Wildman–Crippen LogP) is 2.03. The molecule has 0 saturated heterocycles. The van der Waals surface area contributed by atoms with Gasteiger partial charge in [0, 0.05) is 7.11 Å². The molecule has 0 fully saturated rings. The maximum absolute atomic E-state index is 5.47. The second kappa shape index (κ2) is 5.50. The highest BCUT2D eigenvalue weighted by Gasteiger charge is 2.03. The van der Waals surface area contributed by atoms with Crippen LogP contribution in [0, 0.1) is 6.92 Å². The molecule has 0 aliphatic rings. The van der Waals surface area contributed by atoms with E-state index < -0.39 is 0 Å². The Bertz CT molecular complexity index is 284. The van der Waals surface area contributed by atoms with E-state index in [2.05, 4.69) is 0 Å². The van der Waals surface area contributed by atoms with Crippen LogP contribution in [0.5, 0.6) is 11.5 Å². The summed E-state index contributed by atoms with van der Waals surface area (Å²) in [7, 11) is 3.29. The van der Waals surface area contributed by atoms with Crippen LogP contribution in [-0.4, -0.2) is 27.4 Å². The molecule has 0 aliphatic heterocycles. The maximum atomic E-state index is 5.47. The van der Waals surface area contributed by atoms with Crippen LogP contribution >= 0.6 is 0 Å². The Morgan fingerprint density at radius 3 is 2.50 bits per heavy atom. The fourth-order valence-electron chi connectivity index (χ4n) is 1.13. The summed E-state index contributed by atoms with van der Waals surface area (Å²) in [6.45, 7) is 3.13. The molecular formula is C11H16O3. The Kier molecular flexibility index (Phi) is 4.26. The zero-order valence-electron chi connectivity index (χ0n) is 8.87. The molecule has 0 radical (unpaired) electrons. The molecule has 0 atom stereocenters. The van der Waals surface area contributed by atoms with Crippen LogP contribution < -0.4 is 9.47 Å². The summed E-state index contributed by atoms with van der Waals surface area (Å²) in [5.74, 6) is 1.52. The average molecular weight is 196 g/mol. The van der Waals surface area contributed by atoms with Gasteiger partial charge in [0.25, 0.3) is 0 Å². The summed E-state index contributed by atoms with van der Waals surface area (Å²) in [6, 6.07) is 5.84. The van der Waals surface area contributed by atoms with Gasteiger partial charge in [-0.25, -0.2) is 0 Å². The van der Waals surface area contributed by atoms with Crippen molar-refractivity contribution in [2.24, 2.45) is 0 Å². The summed E-state index contributed by atoms with van der Waals surface area (Å²) < 4.78 is 15.6. The lowest BCUT2D eigenvalue weighted by Crippen LogP contribution is -2.05. The van der Waals surface area contributed by atoms with Crippen molar-refractivity contribution in [1.82, 2.24) is 0 Å². The number of aryl methyl sites for hydroxylation is 1. The van der Waals surface area contributed by atoms with Crippen molar-refractivity contribution < 1.29 is 14.2 Å². The molecule has 0 heterocycles. The third-order valence-electron chi connectivity index (χ3n) is 1.86. The maximum Gasteiger partial charge on any atom is 0.161 e. The number of benzene rings is 1. The van der Waals surface area contributed by atoms with Crippen molar-refractivity contribution in [3.8, 4) is 11.5 Å². The molecule has 78 valence electrons. The van der Waals surface area contributed by atoms with E-state index in [9.17, 15) is 0 Å². The highest BCUT2D eigenvalue weighted by atomic mass is 16.5. The smallest absolute Gasteiger partial charge is 0.161 e. The van der Waals surface area contributed by atoms with Gasteiger partial charge in [-0.2, -0.15) is 0 Å². The summed E-state index contributed by atoms with van der Waals surface area (Å²) >= 11 is 0. The summed E-state index contributed by atoms with van der Waals surface area (Å²) in [4.78, 5) is 0. The van der Waals surface area contributed by atoms with E-state index in [-0.39, 0.29) is 0 Å². The van der Waals surface area contributed by atoms with Crippen LogP contribution in [0.25, 0.3) is 0 Å². The first-order chi connectivity index (χ1) is 6.77. The normalized spacial score (nSPS) is 9.93. The molecule has 1 aromatic rings. The van der Waals surface area contributed by atoms with Gasteiger partial charge in [0.05, 0.1) is 13.7 Å². The Morgan fingerprint density at radius 2 is 1.86 bits per heavy atom. The van der Waals surface area contributed by atoms with E-state index in [4.69, 9.17) is 14.2 Å². The predicted molar refractivity (Wildman–Crippen MR) is 55.1 cm³/mol. The quantitative estimate of drug-likeness (QED) is 0.674. The molecule has 0 bridgehead atoms. The Morgan fingerprint density at radius 1 is 1.07 bits per heavy atom. The molecule has 3 heteroatoms. The zero-order chi connectivity index (χ0) is 10.4. The van der Waals surface area contributed by atoms with Gasteiger partial charge >= 0.3 is 0 Å². The van der Waals surface area contributed by atoms with Crippen molar-refractivity contribution in [3.05, 3.63) is 23.8 Å². The topological polar surface area (TPSA) is 27.7 Å². The van der Waals surface area contributed by atoms with Crippen LogP contribution in [0.1, 0.15) is 5.56 Å². The van der Waals surface area contributed by atoms with Crippen molar-refractivity contribution in [2.75, 3.05) is 27.4 Å². The minimum absolute atomic E-state index is 0.538. The minimum atomic E-state index is 0.538. The second-order valence-electron chi connectivity index (χ2n) is 3.00. The van der Waals surface area contributed by atoms with Gasteiger partial charge in [-0.05, 0) is 24.6 Å². The molecule has 0 aliphatic carbocycles. The van der Waals surface area contributed by atoms with Gasteiger partial charge in [0.2, 0.25) is 0 Å². The molecular weight excluding hydrogens is 180 g/mol. The van der Waals surface area contributed by atoms with Gasteiger partial charge < -0.3 is 14.2 Å².